The molecule has 0 aliphatic carbocycles. The Morgan fingerprint density at radius 2 is 1.81 bits per heavy atom. The molecule has 0 saturated carbocycles. The number of hydrogen-bond donors (Lipinski definition) is 0. The molecule has 4 aromatic rings. The van der Waals surface area contributed by atoms with E-state index in [0.717, 1.165) is 54.7 Å². The molecule has 0 atom stereocenters. The fraction of sp³-hybridized carbons (Fsp3) is 0.280. The Kier molecular flexibility index (Phi) is 5.20. The van der Waals surface area contributed by atoms with Crippen molar-refractivity contribution in [1.82, 2.24) is 24.9 Å². The molecule has 0 unspecified atom stereocenters. The Morgan fingerprint density at radius 1 is 1.00 bits per heavy atom. The minimum Gasteiger partial charge on any atom is -0.339 e. The van der Waals surface area contributed by atoms with Gasteiger partial charge in [-0.15, -0.1) is 5.10 Å². The standard InChI is InChI=1S/C25H25N5O/c1-18-21(9-5-11-23(18)30-24-22(27-28-30)10-6-14-26-24)25(31)29-15-12-20(13-16-29)17-19-7-3-2-4-8-19/h2-11,14,20H,12-13,15-17H2,1H3. The van der Waals surface area contributed by atoms with Crippen LogP contribution in [0.2, 0.25) is 0 Å². The number of aromatic nitrogens is 4. The maximum atomic E-state index is 13.3. The Bertz CT molecular complexity index is 1210. The van der Waals surface area contributed by atoms with Gasteiger partial charge in [-0.1, -0.05) is 41.6 Å². The maximum absolute atomic E-state index is 13.3. The highest BCUT2D eigenvalue weighted by Crippen LogP contribution is 2.26. The molecular formula is C25H25N5O. The number of piperidine rings is 1. The fourth-order valence-electron chi connectivity index (χ4n) is 4.47. The number of amides is 1. The highest BCUT2D eigenvalue weighted by molar-refractivity contribution is 5.96. The number of carbonyl (C=O) groups excluding carboxylic acids is 1. The number of fused-ring (bicyclic) bond motifs is 1. The van der Waals surface area contributed by atoms with Crippen LogP contribution in [0.5, 0.6) is 0 Å². The molecule has 3 heterocycles. The van der Waals surface area contributed by atoms with E-state index in [2.05, 4.69) is 45.6 Å². The van der Waals surface area contributed by atoms with Crippen molar-refractivity contribution in [2.75, 3.05) is 13.1 Å². The lowest BCUT2D eigenvalue weighted by atomic mass is 9.90. The summed E-state index contributed by atoms with van der Waals surface area (Å²) in [6.45, 7) is 3.57. The first-order valence-electron chi connectivity index (χ1n) is 10.8. The molecule has 5 rings (SSSR count). The molecule has 1 saturated heterocycles. The second-order valence-electron chi connectivity index (χ2n) is 8.22. The third-order valence-corrected chi connectivity index (χ3v) is 6.24. The van der Waals surface area contributed by atoms with E-state index in [1.54, 1.807) is 10.9 Å². The van der Waals surface area contributed by atoms with Gasteiger partial charge in [0.1, 0.15) is 5.52 Å². The monoisotopic (exact) mass is 411 g/mol. The molecule has 1 fully saturated rings. The van der Waals surface area contributed by atoms with Crippen molar-refractivity contribution >= 4 is 17.1 Å². The van der Waals surface area contributed by atoms with Crippen LogP contribution in [-0.2, 0) is 6.42 Å². The molecule has 1 aliphatic heterocycles. The summed E-state index contributed by atoms with van der Waals surface area (Å²) in [6, 6.07) is 20.1. The number of hydrogen-bond acceptors (Lipinski definition) is 4. The van der Waals surface area contributed by atoms with E-state index < -0.39 is 0 Å². The predicted molar refractivity (Wildman–Crippen MR) is 120 cm³/mol. The van der Waals surface area contributed by atoms with Crippen LogP contribution >= 0.6 is 0 Å². The van der Waals surface area contributed by atoms with E-state index in [9.17, 15) is 4.79 Å². The van der Waals surface area contributed by atoms with Gasteiger partial charge in [-0.3, -0.25) is 4.79 Å². The van der Waals surface area contributed by atoms with E-state index in [1.165, 1.54) is 5.56 Å². The van der Waals surface area contributed by atoms with E-state index in [1.807, 2.05) is 42.2 Å². The number of likely N-dealkylation sites (tertiary alicyclic amines) is 1. The smallest absolute Gasteiger partial charge is 0.254 e. The van der Waals surface area contributed by atoms with Gasteiger partial charge in [-0.2, -0.15) is 4.68 Å². The predicted octanol–water partition coefficient (Wildman–Crippen LogP) is 4.22. The van der Waals surface area contributed by atoms with Crippen molar-refractivity contribution in [2.24, 2.45) is 5.92 Å². The number of nitrogens with zero attached hydrogens (tertiary/aromatic N) is 5. The average Bonchev–Trinajstić information content (AvgIpc) is 3.24. The minimum atomic E-state index is 0.0925. The second-order valence-corrected chi connectivity index (χ2v) is 8.22. The van der Waals surface area contributed by atoms with Crippen LogP contribution in [0.3, 0.4) is 0 Å². The number of carbonyl (C=O) groups is 1. The van der Waals surface area contributed by atoms with Crippen molar-refractivity contribution < 1.29 is 4.79 Å². The topological polar surface area (TPSA) is 63.9 Å². The molecule has 0 N–H and O–H groups in total. The van der Waals surface area contributed by atoms with Gasteiger partial charge in [0.05, 0.1) is 5.69 Å². The third-order valence-electron chi connectivity index (χ3n) is 6.24. The van der Waals surface area contributed by atoms with Crippen LogP contribution in [0, 0.1) is 12.8 Å². The summed E-state index contributed by atoms with van der Waals surface area (Å²) in [5.74, 6) is 0.723. The molecular weight excluding hydrogens is 386 g/mol. The first-order chi connectivity index (χ1) is 15.2. The molecule has 2 aromatic carbocycles. The number of pyridine rings is 1. The van der Waals surface area contributed by atoms with Crippen molar-refractivity contribution in [3.63, 3.8) is 0 Å². The van der Waals surface area contributed by atoms with E-state index in [0.29, 0.717) is 11.6 Å². The van der Waals surface area contributed by atoms with E-state index >= 15 is 0 Å². The summed E-state index contributed by atoms with van der Waals surface area (Å²) in [6.07, 6.45) is 4.89. The highest BCUT2D eigenvalue weighted by atomic mass is 16.2. The molecule has 0 radical (unpaired) electrons. The lowest BCUT2D eigenvalue weighted by Crippen LogP contribution is -2.39. The van der Waals surface area contributed by atoms with Gasteiger partial charge in [-0.25, -0.2) is 4.98 Å². The van der Waals surface area contributed by atoms with Crippen LogP contribution < -0.4 is 0 Å². The zero-order valence-corrected chi connectivity index (χ0v) is 17.6. The van der Waals surface area contributed by atoms with Crippen molar-refractivity contribution in [1.29, 1.82) is 0 Å². The van der Waals surface area contributed by atoms with Crippen LogP contribution in [0.25, 0.3) is 16.9 Å². The fourth-order valence-corrected chi connectivity index (χ4v) is 4.47. The molecule has 6 nitrogen and oxygen atoms in total. The summed E-state index contributed by atoms with van der Waals surface area (Å²) in [5, 5.41) is 8.47. The van der Waals surface area contributed by atoms with Gasteiger partial charge in [-0.05, 0) is 67.5 Å². The van der Waals surface area contributed by atoms with Crippen LogP contribution in [-0.4, -0.2) is 43.9 Å². The van der Waals surface area contributed by atoms with Gasteiger partial charge in [0.15, 0.2) is 5.65 Å². The SMILES string of the molecule is Cc1c(C(=O)N2CCC(Cc3ccccc3)CC2)cccc1-n1nnc2cccnc21. The largest absolute Gasteiger partial charge is 0.339 e. The van der Waals surface area contributed by atoms with Gasteiger partial charge >= 0.3 is 0 Å². The Morgan fingerprint density at radius 3 is 2.61 bits per heavy atom. The third kappa shape index (κ3) is 3.81. The lowest BCUT2D eigenvalue weighted by Gasteiger charge is -2.32. The summed E-state index contributed by atoms with van der Waals surface area (Å²) in [7, 11) is 0. The molecule has 6 heteroatoms. The molecule has 0 bridgehead atoms. The first-order valence-corrected chi connectivity index (χ1v) is 10.8. The van der Waals surface area contributed by atoms with Gasteiger partial charge in [0, 0.05) is 24.8 Å². The van der Waals surface area contributed by atoms with Crippen LogP contribution in [0.4, 0.5) is 0 Å². The van der Waals surface area contributed by atoms with Gasteiger partial charge in [0.25, 0.3) is 5.91 Å². The zero-order valence-electron chi connectivity index (χ0n) is 17.6. The van der Waals surface area contributed by atoms with Crippen LogP contribution in [0.1, 0.15) is 34.3 Å². The summed E-state index contributed by atoms with van der Waals surface area (Å²) < 4.78 is 1.72. The summed E-state index contributed by atoms with van der Waals surface area (Å²) in [4.78, 5) is 19.7. The summed E-state index contributed by atoms with van der Waals surface area (Å²) >= 11 is 0. The van der Waals surface area contributed by atoms with Gasteiger partial charge < -0.3 is 4.90 Å². The second kappa shape index (κ2) is 8.30. The van der Waals surface area contributed by atoms with Gasteiger partial charge in [0.2, 0.25) is 0 Å². The Labute approximate surface area is 181 Å². The minimum absolute atomic E-state index is 0.0925. The quantitative estimate of drug-likeness (QED) is 0.504. The normalized spacial score (nSPS) is 14.8. The Hall–Kier alpha value is -3.54. The molecule has 2 aromatic heterocycles. The summed E-state index contributed by atoms with van der Waals surface area (Å²) in [5.41, 5.74) is 5.27. The molecule has 0 spiro atoms. The van der Waals surface area contributed by atoms with E-state index in [4.69, 9.17) is 0 Å². The van der Waals surface area contributed by atoms with Crippen molar-refractivity contribution in [3.8, 4) is 5.69 Å². The first kappa shape index (κ1) is 19.4. The highest BCUT2D eigenvalue weighted by Gasteiger charge is 2.25. The number of rotatable bonds is 4. The van der Waals surface area contributed by atoms with Crippen LogP contribution in [0.15, 0.2) is 66.9 Å². The van der Waals surface area contributed by atoms with Crippen molar-refractivity contribution in [2.45, 2.75) is 26.2 Å². The van der Waals surface area contributed by atoms with Crippen molar-refractivity contribution in [3.05, 3.63) is 83.6 Å². The molecule has 1 amide bonds. The lowest BCUT2D eigenvalue weighted by molar-refractivity contribution is 0.0690. The zero-order chi connectivity index (χ0) is 21.2. The average molecular weight is 412 g/mol. The molecule has 156 valence electrons. The van der Waals surface area contributed by atoms with E-state index in [-0.39, 0.29) is 5.91 Å². The molecule has 31 heavy (non-hydrogen) atoms. The number of benzene rings is 2. The molecule has 1 aliphatic rings. The Balaban J connectivity index is 1.33. The maximum Gasteiger partial charge on any atom is 0.254 e.